The Morgan fingerprint density at radius 1 is 1.16 bits per heavy atom. The topological polar surface area (TPSA) is 78.4 Å². The quantitative estimate of drug-likeness (QED) is 0.619. The van der Waals surface area contributed by atoms with E-state index in [9.17, 15) is 9.59 Å². The van der Waals surface area contributed by atoms with Crippen LogP contribution in [0.1, 0.15) is 51.4 Å². The molecule has 0 radical (unpaired) electrons. The summed E-state index contributed by atoms with van der Waals surface area (Å²) in [6.07, 6.45) is 8.95. The lowest BCUT2D eigenvalue weighted by molar-refractivity contribution is -0.143. The number of amides is 2. The number of carbonyl (C=O) groups is 2. The molecular weight excluding hydrogens is 244 g/mol. The summed E-state index contributed by atoms with van der Waals surface area (Å²) in [5.74, 6) is 0.0561. The lowest BCUT2D eigenvalue weighted by Gasteiger charge is -2.13. The highest BCUT2D eigenvalue weighted by atomic mass is 16.4. The van der Waals surface area contributed by atoms with E-state index < -0.39 is 11.4 Å². The van der Waals surface area contributed by atoms with Crippen molar-refractivity contribution in [3.63, 3.8) is 0 Å². The van der Waals surface area contributed by atoms with Gasteiger partial charge in [-0.2, -0.15) is 0 Å². The third-order valence-electron chi connectivity index (χ3n) is 4.44. The van der Waals surface area contributed by atoms with E-state index in [2.05, 4.69) is 10.6 Å². The average Bonchev–Trinajstić information content (AvgIpc) is 3.01. The fourth-order valence-electron chi connectivity index (χ4n) is 2.82. The second kappa shape index (κ2) is 6.26. The Hall–Kier alpha value is -1.26. The van der Waals surface area contributed by atoms with Crippen LogP contribution >= 0.6 is 0 Å². The molecule has 2 aliphatic rings. The maximum Gasteiger partial charge on any atom is 0.314 e. The molecule has 0 heterocycles. The largest absolute Gasteiger partial charge is 0.481 e. The van der Waals surface area contributed by atoms with Gasteiger partial charge in [-0.05, 0) is 31.6 Å². The van der Waals surface area contributed by atoms with Gasteiger partial charge in [0.15, 0.2) is 0 Å². The minimum absolute atomic E-state index is 0.237. The van der Waals surface area contributed by atoms with Crippen LogP contribution in [-0.2, 0) is 4.79 Å². The molecule has 0 aromatic heterocycles. The highest BCUT2D eigenvalue weighted by molar-refractivity contribution is 5.80. The Bertz CT molecular complexity index is 334. The Balaban J connectivity index is 1.51. The summed E-state index contributed by atoms with van der Waals surface area (Å²) >= 11 is 0. The number of aliphatic carboxylic acids is 1. The van der Waals surface area contributed by atoms with Crippen LogP contribution in [0.15, 0.2) is 0 Å². The van der Waals surface area contributed by atoms with E-state index in [-0.39, 0.29) is 12.6 Å². The Morgan fingerprint density at radius 2 is 1.84 bits per heavy atom. The van der Waals surface area contributed by atoms with Crippen molar-refractivity contribution in [2.75, 3.05) is 13.1 Å². The molecular formula is C14H24N2O3. The average molecular weight is 268 g/mol. The van der Waals surface area contributed by atoms with Gasteiger partial charge in [0.1, 0.15) is 0 Å². The molecule has 2 saturated carbocycles. The summed E-state index contributed by atoms with van der Waals surface area (Å²) in [6.45, 7) is 0.930. The third-order valence-corrected chi connectivity index (χ3v) is 4.44. The van der Waals surface area contributed by atoms with Crippen LogP contribution < -0.4 is 10.6 Å². The van der Waals surface area contributed by atoms with E-state index in [0.717, 1.165) is 12.3 Å². The minimum atomic E-state index is -0.797. The van der Waals surface area contributed by atoms with E-state index >= 15 is 0 Å². The van der Waals surface area contributed by atoms with Gasteiger partial charge in [0.05, 0.1) is 5.41 Å². The van der Waals surface area contributed by atoms with E-state index in [1.54, 1.807) is 0 Å². The Labute approximate surface area is 114 Å². The lowest BCUT2D eigenvalue weighted by atomic mass is 10.0. The van der Waals surface area contributed by atoms with Crippen LogP contribution in [0.2, 0.25) is 0 Å². The van der Waals surface area contributed by atoms with Gasteiger partial charge < -0.3 is 15.7 Å². The number of carbonyl (C=O) groups excluding carboxylic acids is 1. The summed E-state index contributed by atoms with van der Waals surface area (Å²) < 4.78 is 0. The highest BCUT2D eigenvalue weighted by Crippen LogP contribution is 2.45. The molecule has 0 aromatic carbocycles. The molecule has 2 aliphatic carbocycles. The summed E-state index contributed by atoms with van der Waals surface area (Å²) in [5, 5.41) is 14.4. The van der Waals surface area contributed by atoms with Gasteiger partial charge in [0, 0.05) is 13.1 Å². The summed E-state index contributed by atoms with van der Waals surface area (Å²) in [4.78, 5) is 22.5. The summed E-state index contributed by atoms with van der Waals surface area (Å²) in [5.41, 5.74) is -0.679. The fraction of sp³-hybridized carbons (Fsp3) is 0.857. The Kier molecular flexibility index (Phi) is 4.66. The molecule has 3 N–H and O–H groups in total. The maximum absolute atomic E-state index is 11.5. The van der Waals surface area contributed by atoms with Gasteiger partial charge in [-0.1, -0.05) is 25.7 Å². The number of rotatable bonds is 7. The number of carboxylic acids is 1. The molecule has 5 nitrogen and oxygen atoms in total. The number of urea groups is 1. The van der Waals surface area contributed by atoms with Crippen molar-refractivity contribution >= 4 is 12.0 Å². The maximum atomic E-state index is 11.5. The van der Waals surface area contributed by atoms with E-state index in [4.69, 9.17) is 5.11 Å². The normalized spacial score (nSPS) is 21.1. The molecule has 2 fully saturated rings. The smallest absolute Gasteiger partial charge is 0.314 e. The van der Waals surface area contributed by atoms with Crippen molar-refractivity contribution in [2.24, 2.45) is 11.3 Å². The molecule has 0 aromatic rings. The van der Waals surface area contributed by atoms with E-state index in [1.165, 1.54) is 32.1 Å². The van der Waals surface area contributed by atoms with Crippen LogP contribution in [0, 0.1) is 11.3 Å². The predicted octanol–water partition coefficient (Wildman–Crippen LogP) is 2.12. The zero-order valence-electron chi connectivity index (χ0n) is 11.4. The number of hydrogen-bond acceptors (Lipinski definition) is 2. The first-order valence-electron chi connectivity index (χ1n) is 7.37. The first-order chi connectivity index (χ1) is 9.12. The predicted molar refractivity (Wildman–Crippen MR) is 71.9 cm³/mol. The molecule has 19 heavy (non-hydrogen) atoms. The molecule has 108 valence electrons. The van der Waals surface area contributed by atoms with Crippen LogP contribution in [-0.4, -0.2) is 30.2 Å². The number of hydrogen-bond donors (Lipinski definition) is 3. The van der Waals surface area contributed by atoms with E-state index in [0.29, 0.717) is 19.4 Å². The summed E-state index contributed by atoms with van der Waals surface area (Å²) in [6, 6.07) is -0.237. The van der Waals surface area contributed by atoms with E-state index in [1.807, 2.05) is 0 Å². The number of carboxylic acid groups (broad SMARTS) is 1. The Morgan fingerprint density at radius 3 is 2.42 bits per heavy atom. The second-order valence-electron chi connectivity index (χ2n) is 5.99. The molecule has 2 amide bonds. The molecule has 0 saturated heterocycles. The monoisotopic (exact) mass is 268 g/mol. The van der Waals surface area contributed by atoms with Crippen LogP contribution in [0.4, 0.5) is 4.79 Å². The van der Waals surface area contributed by atoms with Crippen molar-refractivity contribution in [1.82, 2.24) is 10.6 Å². The van der Waals surface area contributed by atoms with Gasteiger partial charge in [0.2, 0.25) is 0 Å². The third kappa shape index (κ3) is 4.11. The first kappa shape index (κ1) is 14.2. The molecule has 0 atom stereocenters. The van der Waals surface area contributed by atoms with Crippen molar-refractivity contribution in [1.29, 1.82) is 0 Å². The minimum Gasteiger partial charge on any atom is -0.481 e. The van der Waals surface area contributed by atoms with Gasteiger partial charge in [-0.25, -0.2) is 4.79 Å². The SMILES string of the molecule is O=C(NCCCC1CCCC1)NCC1(C(=O)O)CC1. The lowest BCUT2D eigenvalue weighted by Crippen LogP contribution is -2.41. The van der Waals surface area contributed by atoms with Gasteiger partial charge >= 0.3 is 12.0 Å². The van der Waals surface area contributed by atoms with Gasteiger partial charge in [0.25, 0.3) is 0 Å². The van der Waals surface area contributed by atoms with Crippen molar-refractivity contribution in [3.05, 3.63) is 0 Å². The molecule has 0 unspecified atom stereocenters. The molecule has 2 rings (SSSR count). The number of nitrogens with one attached hydrogen (secondary N) is 2. The zero-order chi connectivity index (χ0) is 13.7. The van der Waals surface area contributed by atoms with Crippen molar-refractivity contribution < 1.29 is 14.7 Å². The molecule has 0 aliphatic heterocycles. The van der Waals surface area contributed by atoms with Crippen molar-refractivity contribution in [3.8, 4) is 0 Å². The summed E-state index contributed by atoms with van der Waals surface area (Å²) in [7, 11) is 0. The van der Waals surface area contributed by atoms with Gasteiger partial charge in [-0.15, -0.1) is 0 Å². The fourth-order valence-corrected chi connectivity index (χ4v) is 2.82. The van der Waals surface area contributed by atoms with Crippen LogP contribution in [0.5, 0.6) is 0 Å². The molecule has 0 bridgehead atoms. The first-order valence-corrected chi connectivity index (χ1v) is 7.37. The van der Waals surface area contributed by atoms with Crippen LogP contribution in [0.25, 0.3) is 0 Å². The molecule has 5 heteroatoms. The van der Waals surface area contributed by atoms with Gasteiger partial charge in [-0.3, -0.25) is 4.79 Å². The zero-order valence-corrected chi connectivity index (χ0v) is 11.4. The standard InChI is InChI=1S/C14H24N2O3/c17-12(18)14(7-8-14)10-16-13(19)15-9-3-6-11-4-1-2-5-11/h11H,1-10H2,(H,17,18)(H2,15,16,19). The van der Waals surface area contributed by atoms with Crippen molar-refractivity contribution in [2.45, 2.75) is 51.4 Å². The second-order valence-corrected chi connectivity index (χ2v) is 5.99. The molecule has 0 spiro atoms. The highest BCUT2D eigenvalue weighted by Gasteiger charge is 2.50. The van der Waals surface area contributed by atoms with Crippen LogP contribution in [0.3, 0.4) is 0 Å².